The van der Waals surface area contributed by atoms with Crippen molar-refractivity contribution in [2.24, 2.45) is 11.7 Å². The van der Waals surface area contributed by atoms with E-state index in [1.807, 2.05) is 20.8 Å². The molecule has 0 aliphatic heterocycles. The number of carbonyl (C=O) groups excluding carboxylic acids is 2. The Bertz CT molecular complexity index is 1110. The van der Waals surface area contributed by atoms with Gasteiger partial charge in [0.15, 0.2) is 9.84 Å². The lowest BCUT2D eigenvalue weighted by atomic mass is 10.1. The van der Waals surface area contributed by atoms with Gasteiger partial charge in [0.1, 0.15) is 5.84 Å². The SMILES string of the molecule is CC(C)(C)OC[C@@H](CS(=O)(=O)Cc1ccccc1)C(=O)NCC(=O)NCc1ccc(C(=N)N)cc1. The van der Waals surface area contributed by atoms with E-state index in [0.29, 0.717) is 11.1 Å². The molecule has 0 aliphatic rings. The molecule has 190 valence electrons. The second-order valence-corrected chi connectivity index (χ2v) is 11.4. The summed E-state index contributed by atoms with van der Waals surface area (Å²) in [4.78, 5) is 25.0. The first-order valence-electron chi connectivity index (χ1n) is 11.2. The van der Waals surface area contributed by atoms with Crippen molar-refractivity contribution in [1.29, 1.82) is 5.41 Å². The normalized spacial score (nSPS) is 12.5. The largest absolute Gasteiger partial charge is 0.384 e. The van der Waals surface area contributed by atoms with Gasteiger partial charge in [0.05, 0.1) is 36.2 Å². The van der Waals surface area contributed by atoms with E-state index in [-0.39, 0.29) is 31.3 Å². The van der Waals surface area contributed by atoms with Crippen LogP contribution in [0, 0.1) is 11.3 Å². The van der Waals surface area contributed by atoms with Crippen molar-refractivity contribution in [1.82, 2.24) is 10.6 Å². The molecule has 1 atom stereocenters. The van der Waals surface area contributed by atoms with Gasteiger partial charge in [-0.1, -0.05) is 54.6 Å². The summed E-state index contributed by atoms with van der Waals surface area (Å²) in [6.07, 6.45) is 0. The summed E-state index contributed by atoms with van der Waals surface area (Å²) >= 11 is 0. The summed E-state index contributed by atoms with van der Waals surface area (Å²) in [7, 11) is -3.61. The summed E-state index contributed by atoms with van der Waals surface area (Å²) < 4.78 is 31.2. The van der Waals surface area contributed by atoms with E-state index in [4.69, 9.17) is 15.9 Å². The molecule has 0 aromatic heterocycles. The monoisotopic (exact) mass is 502 g/mol. The lowest BCUT2D eigenvalue weighted by Crippen LogP contribution is -2.43. The van der Waals surface area contributed by atoms with Gasteiger partial charge in [-0.2, -0.15) is 0 Å². The number of sulfone groups is 1. The fraction of sp³-hybridized carbons (Fsp3) is 0.400. The van der Waals surface area contributed by atoms with E-state index in [2.05, 4.69) is 10.6 Å². The molecule has 2 aromatic rings. The fourth-order valence-electron chi connectivity index (χ4n) is 3.12. The van der Waals surface area contributed by atoms with Crippen LogP contribution in [0.15, 0.2) is 54.6 Å². The van der Waals surface area contributed by atoms with Crippen molar-refractivity contribution in [3.8, 4) is 0 Å². The van der Waals surface area contributed by atoms with Crippen LogP contribution >= 0.6 is 0 Å². The number of nitrogens with one attached hydrogen (secondary N) is 3. The highest BCUT2D eigenvalue weighted by atomic mass is 32.2. The van der Waals surface area contributed by atoms with E-state index in [1.165, 1.54) is 0 Å². The molecular formula is C25H34N4O5S. The van der Waals surface area contributed by atoms with Crippen molar-refractivity contribution in [3.05, 3.63) is 71.3 Å². The number of nitrogen functional groups attached to an aromatic ring is 1. The first kappa shape index (κ1) is 28.0. The maximum absolute atomic E-state index is 12.8. The minimum atomic E-state index is -3.61. The third kappa shape index (κ3) is 10.7. The molecule has 10 heteroatoms. The van der Waals surface area contributed by atoms with Gasteiger partial charge < -0.3 is 21.1 Å². The highest BCUT2D eigenvalue weighted by Crippen LogP contribution is 2.15. The molecular weight excluding hydrogens is 468 g/mol. The Labute approximate surface area is 206 Å². The highest BCUT2D eigenvalue weighted by molar-refractivity contribution is 7.90. The Morgan fingerprint density at radius 2 is 1.63 bits per heavy atom. The molecule has 2 aromatic carbocycles. The Morgan fingerprint density at radius 1 is 1.00 bits per heavy atom. The lowest BCUT2D eigenvalue weighted by Gasteiger charge is -2.24. The third-order valence-corrected chi connectivity index (χ3v) is 6.63. The number of carbonyl (C=O) groups is 2. The van der Waals surface area contributed by atoms with Crippen LogP contribution in [0.1, 0.15) is 37.5 Å². The molecule has 0 radical (unpaired) electrons. The fourth-order valence-corrected chi connectivity index (χ4v) is 4.80. The molecule has 0 heterocycles. The van der Waals surface area contributed by atoms with Gasteiger partial charge in [-0.3, -0.25) is 15.0 Å². The van der Waals surface area contributed by atoms with Crippen LogP contribution in [0.2, 0.25) is 0 Å². The van der Waals surface area contributed by atoms with Crippen LogP contribution in [0.5, 0.6) is 0 Å². The van der Waals surface area contributed by atoms with E-state index in [9.17, 15) is 18.0 Å². The van der Waals surface area contributed by atoms with Gasteiger partial charge in [-0.25, -0.2) is 8.42 Å². The zero-order valence-electron chi connectivity index (χ0n) is 20.3. The molecule has 2 rings (SSSR count). The van der Waals surface area contributed by atoms with Crippen LogP contribution in [-0.2, 0) is 36.5 Å². The number of amides is 2. The van der Waals surface area contributed by atoms with Gasteiger partial charge in [0.2, 0.25) is 11.8 Å². The number of nitrogens with two attached hydrogens (primary N) is 1. The highest BCUT2D eigenvalue weighted by Gasteiger charge is 2.28. The summed E-state index contributed by atoms with van der Waals surface area (Å²) in [5.74, 6) is -2.57. The molecule has 0 bridgehead atoms. The number of hydrogen-bond acceptors (Lipinski definition) is 6. The van der Waals surface area contributed by atoms with Crippen molar-refractivity contribution in [3.63, 3.8) is 0 Å². The maximum atomic E-state index is 12.8. The van der Waals surface area contributed by atoms with Crippen molar-refractivity contribution < 1.29 is 22.7 Å². The minimum absolute atomic E-state index is 0.0425. The number of hydrogen-bond donors (Lipinski definition) is 4. The molecule has 0 spiro atoms. The van der Waals surface area contributed by atoms with E-state index in [1.54, 1.807) is 54.6 Å². The molecule has 0 fully saturated rings. The quantitative estimate of drug-likeness (QED) is 0.256. The first-order chi connectivity index (χ1) is 16.3. The average Bonchev–Trinajstić information content (AvgIpc) is 2.78. The van der Waals surface area contributed by atoms with Crippen LogP contribution in [0.4, 0.5) is 0 Å². The van der Waals surface area contributed by atoms with Gasteiger partial charge in [0, 0.05) is 12.1 Å². The number of ether oxygens (including phenoxy) is 1. The Hall–Kier alpha value is -3.24. The van der Waals surface area contributed by atoms with Crippen LogP contribution in [0.3, 0.4) is 0 Å². The molecule has 0 saturated carbocycles. The molecule has 0 saturated heterocycles. The molecule has 2 amide bonds. The Morgan fingerprint density at radius 3 is 2.20 bits per heavy atom. The van der Waals surface area contributed by atoms with Gasteiger partial charge >= 0.3 is 0 Å². The van der Waals surface area contributed by atoms with Gasteiger partial charge in [-0.15, -0.1) is 0 Å². The zero-order chi connectivity index (χ0) is 26.1. The van der Waals surface area contributed by atoms with E-state index >= 15 is 0 Å². The van der Waals surface area contributed by atoms with Crippen LogP contribution < -0.4 is 16.4 Å². The number of benzene rings is 2. The van der Waals surface area contributed by atoms with Crippen molar-refractivity contribution in [2.75, 3.05) is 18.9 Å². The summed E-state index contributed by atoms with van der Waals surface area (Å²) in [5, 5.41) is 12.6. The second-order valence-electron chi connectivity index (χ2n) is 9.27. The number of amidine groups is 1. The molecule has 0 unspecified atom stereocenters. The molecule has 9 nitrogen and oxygen atoms in total. The molecule has 5 N–H and O–H groups in total. The lowest BCUT2D eigenvalue weighted by molar-refractivity contribution is -0.131. The zero-order valence-corrected chi connectivity index (χ0v) is 21.2. The van der Waals surface area contributed by atoms with E-state index in [0.717, 1.165) is 5.56 Å². The van der Waals surface area contributed by atoms with Crippen molar-refractivity contribution in [2.45, 2.75) is 38.7 Å². The second kappa shape index (κ2) is 12.5. The smallest absolute Gasteiger partial charge is 0.239 e. The maximum Gasteiger partial charge on any atom is 0.239 e. The molecule has 35 heavy (non-hydrogen) atoms. The first-order valence-corrected chi connectivity index (χ1v) is 13.0. The summed E-state index contributed by atoms with van der Waals surface area (Å²) in [5.41, 5.74) is 6.89. The minimum Gasteiger partial charge on any atom is -0.384 e. The standard InChI is InChI=1S/C25H34N4O5S/c1-25(2,3)34-15-21(17-35(32,33)16-19-7-5-4-6-8-19)24(31)29-14-22(30)28-13-18-9-11-20(12-10-18)23(26)27/h4-12,21H,13-17H2,1-3H3,(H3,26,27)(H,28,30)(H,29,31)/t21-/m0/s1. The van der Waals surface area contributed by atoms with Gasteiger partial charge in [-0.05, 0) is 31.9 Å². The molecule has 0 aliphatic carbocycles. The summed E-state index contributed by atoms with van der Waals surface area (Å²) in [6.45, 7) is 5.29. The third-order valence-electron chi connectivity index (χ3n) is 4.95. The van der Waals surface area contributed by atoms with Gasteiger partial charge in [0.25, 0.3) is 0 Å². The van der Waals surface area contributed by atoms with E-state index < -0.39 is 38.9 Å². The van der Waals surface area contributed by atoms with Crippen LogP contribution in [-0.4, -0.2) is 50.6 Å². The predicted octanol–water partition coefficient (Wildman–Crippen LogP) is 1.75. The Balaban J connectivity index is 1.94. The average molecular weight is 503 g/mol. The number of rotatable bonds is 12. The van der Waals surface area contributed by atoms with Crippen LogP contribution in [0.25, 0.3) is 0 Å². The topological polar surface area (TPSA) is 151 Å². The predicted molar refractivity (Wildman–Crippen MR) is 135 cm³/mol. The van der Waals surface area contributed by atoms with Crippen molar-refractivity contribution >= 4 is 27.5 Å². The Kier molecular flexibility index (Phi) is 9.97. The summed E-state index contributed by atoms with van der Waals surface area (Å²) in [6, 6.07) is 15.6.